The number of hydrogen-bond acceptors (Lipinski definition) is 5. The molecule has 1 aromatic heterocycles. The van der Waals surface area contributed by atoms with E-state index >= 15 is 0 Å². The molecule has 158 valence electrons. The van der Waals surface area contributed by atoms with E-state index in [0.29, 0.717) is 54.2 Å². The third kappa shape index (κ3) is 4.79. The van der Waals surface area contributed by atoms with Crippen LogP contribution in [-0.4, -0.2) is 58.9 Å². The number of carbonyl (C=O) groups excluding carboxylic acids is 1. The van der Waals surface area contributed by atoms with E-state index in [-0.39, 0.29) is 29.7 Å². The van der Waals surface area contributed by atoms with Gasteiger partial charge in [0.25, 0.3) is 5.56 Å². The van der Waals surface area contributed by atoms with Crippen LogP contribution in [0.4, 0.5) is 0 Å². The number of sulfonamides is 1. The largest absolute Gasteiger partial charge is 0.335 e. The lowest BCUT2D eigenvalue weighted by atomic mass is 9.96. The third-order valence-electron chi connectivity index (χ3n) is 5.31. The first-order valence-corrected chi connectivity index (χ1v) is 11.7. The molecule has 3 rings (SSSR count). The highest BCUT2D eigenvalue weighted by molar-refractivity contribution is 7.89. The van der Waals surface area contributed by atoms with E-state index in [1.165, 1.54) is 4.31 Å². The molecule has 8 nitrogen and oxygen atoms in total. The summed E-state index contributed by atoms with van der Waals surface area (Å²) in [4.78, 5) is 34.1. The standard InChI is InChI=1S/C19H25ClN4O4S/c1-3-23(19(26)13-7-9-24(10-8-13)29(27,28)4-2)12-17-21-16-11-14(20)5-6-15(16)18(25)22-17/h5-6,11,13H,3-4,7-10,12H2,1-2H3,(H,21,22,25). The summed E-state index contributed by atoms with van der Waals surface area (Å²) in [6.07, 6.45) is 0.984. The van der Waals surface area contributed by atoms with Gasteiger partial charge >= 0.3 is 0 Å². The molecule has 1 aliphatic rings. The van der Waals surface area contributed by atoms with Gasteiger partial charge in [0, 0.05) is 30.6 Å². The molecule has 2 aromatic rings. The van der Waals surface area contributed by atoms with E-state index in [9.17, 15) is 18.0 Å². The molecule has 0 unspecified atom stereocenters. The number of aromatic nitrogens is 2. The molecule has 0 saturated carbocycles. The van der Waals surface area contributed by atoms with Crippen molar-refractivity contribution >= 4 is 38.4 Å². The van der Waals surface area contributed by atoms with E-state index < -0.39 is 10.0 Å². The van der Waals surface area contributed by atoms with Gasteiger partial charge < -0.3 is 9.88 Å². The molecule has 10 heteroatoms. The molecule has 1 fully saturated rings. The second-order valence-corrected chi connectivity index (χ2v) is 9.79. The van der Waals surface area contributed by atoms with Crippen LogP contribution >= 0.6 is 11.6 Å². The maximum Gasteiger partial charge on any atom is 0.258 e. The first kappa shape index (κ1) is 21.7. The number of carbonyl (C=O) groups is 1. The number of halogens is 1. The average molecular weight is 441 g/mol. The van der Waals surface area contributed by atoms with Gasteiger partial charge in [-0.2, -0.15) is 0 Å². The van der Waals surface area contributed by atoms with Crippen LogP contribution < -0.4 is 5.56 Å². The quantitative estimate of drug-likeness (QED) is 0.739. The number of benzene rings is 1. The second kappa shape index (κ2) is 8.81. The molecule has 1 saturated heterocycles. The second-order valence-electron chi connectivity index (χ2n) is 7.10. The van der Waals surface area contributed by atoms with Gasteiger partial charge in [0.1, 0.15) is 5.82 Å². The molecule has 0 spiro atoms. The number of aromatic amines is 1. The number of fused-ring (bicyclic) bond motifs is 1. The Morgan fingerprint density at radius 2 is 2.00 bits per heavy atom. The SMILES string of the molecule is CCN(Cc1nc2cc(Cl)ccc2c(=O)[nH]1)C(=O)C1CCN(S(=O)(=O)CC)CC1. The van der Waals surface area contributed by atoms with Crippen LogP contribution in [0.3, 0.4) is 0 Å². The fourth-order valence-electron chi connectivity index (χ4n) is 3.58. The third-order valence-corrected chi connectivity index (χ3v) is 7.43. The molecule has 2 heterocycles. The summed E-state index contributed by atoms with van der Waals surface area (Å²) < 4.78 is 25.5. The van der Waals surface area contributed by atoms with Gasteiger partial charge in [-0.3, -0.25) is 9.59 Å². The zero-order valence-corrected chi connectivity index (χ0v) is 18.1. The fraction of sp³-hybridized carbons (Fsp3) is 0.526. The lowest BCUT2D eigenvalue weighted by Gasteiger charge is -2.33. The summed E-state index contributed by atoms with van der Waals surface area (Å²) in [7, 11) is -3.23. The van der Waals surface area contributed by atoms with E-state index in [4.69, 9.17) is 11.6 Å². The van der Waals surface area contributed by atoms with Crippen molar-refractivity contribution in [1.29, 1.82) is 0 Å². The van der Waals surface area contributed by atoms with Crippen molar-refractivity contribution in [2.75, 3.05) is 25.4 Å². The van der Waals surface area contributed by atoms with Crippen molar-refractivity contribution < 1.29 is 13.2 Å². The lowest BCUT2D eigenvalue weighted by Crippen LogP contribution is -2.44. The number of H-pyrrole nitrogens is 1. The van der Waals surface area contributed by atoms with E-state index in [1.54, 1.807) is 30.0 Å². The number of amides is 1. The zero-order valence-electron chi connectivity index (χ0n) is 16.5. The zero-order chi connectivity index (χ0) is 21.2. The predicted octanol–water partition coefficient (Wildman–Crippen LogP) is 1.99. The first-order valence-electron chi connectivity index (χ1n) is 9.70. The summed E-state index contributed by atoms with van der Waals surface area (Å²) in [6, 6.07) is 4.87. The van der Waals surface area contributed by atoms with Gasteiger partial charge in [0.05, 0.1) is 23.2 Å². The van der Waals surface area contributed by atoms with Gasteiger partial charge in [0.15, 0.2) is 0 Å². The molecule has 0 bridgehead atoms. The van der Waals surface area contributed by atoms with Gasteiger partial charge in [0.2, 0.25) is 15.9 Å². The summed E-state index contributed by atoms with van der Waals surface area (Å²) in [5.74, 6) is 0.179. The topological polar surface area (TPSA) is 103 Å². The van der Waals surface area contributed by atoms with Crippen LogP contribution in [0.2, 0.25) is 5.02 Å². The Labute approximate surface area is 174 Å². The van der Waals surface area contributed by atoms with Gasteiger partial charge in [-0.05, 0) is 44.9 Å². The lowest BCUT2D eigenvalue weighted by molar-refractivity contribution is -0.137. The fourth-order valence-corrected chi connectivity index (χ4v) is 4.88. The Morgan fingerprint density at radius 3 is 2.62 bits per heavy atom. The van der Waals surface area contributed by atoms with Crippen LogP contribution in [-0.2, 0) is 21.4 Å². The highest BCUT2D eigenvalue weighted by Gasteiger charge is 2.32. The molecule has 1 aromatic carbocycles. The number of nitrogens with one attached hydrogen (secondary N) is 1. The van der Waals surface area contributed by atoms with Gasteiger partial charge in [-0.15, -0.1) is 0 Å². The monoisotopic (exact) mass is 440 g/mol. The maximum atomic E-state index is 13.0. The summed E-state index contributed by atoms with van der Waals surface area (Å²) in [5, 5.41) is 0.927. The van der Waals surface area contributed by atoms with Crippen LogP contribution in [0.1, 0.15) is 32.5 Å². The molecular weight excluding hydrogens is 416 g/mol. The van der Waals surface area contributed by atoms with Crippen molar-refractivity contribution in [2.24, 2.45) is 5.92 Å². The molecule has 0 atom stereocenters. The normalized spacial score (nSPS) is 16.2. The smallest absolute Gasteiger partial charge is 0.258 e. The summed E-state index contributed by atoms with van der Waals surface area (Å²) >= 11 is 6.00. The van der Waals surface area contributed by atoms with E-state index in [0.717, 1.165) is 0 Å². The minimum Gasteiger partial charge on any atom is -0.335 e. The van der Waals surface area contributed by atoms with Crippen molar-refractivity contribution in [3.63, 3.8) is 0 Å². The van der Waals surface area contributed by atoms with Gasteiger partial charge in [-0.25, -0.2) is 17.7 Å². The number of piperidine rings is 1. The molecule has 0 aliphatic carbocycles. The van der Waals surface area contributed by atoms with Crippen LogP contribution in [0.5, 0.6) is 0 Å². The minimum atomic E-state index is -3.23. The minimum absolute atomic E-state index is 0.0464. The number of hydrogen-bond donors (Lipinski definition) is 1. The van der Waals surface area contributed by atoms with Crippen molar-refractivity contribution in [2.45, 2.75) is 33.2 Å². The Balaban J connectivity index is 1.73. The Bertz CT molecular complexity index is 1060. The number of rotatable bonds is 6. The van der Waals surface area contributed by atoms with Crippen LogP contribution in [0.15, 0.2) is 23.0 Å². The van der Waals surface area contributed by atoms with Crippen molar-refractivity contribution in [3.05, 3.63) is 39.4 Å². The molecule has 0 radical (unpaired) electrons. The molecule has 29 heavy (non-hydrogen) atoms. The van der Waals surface area contributed by atoms with E-state index in [2.05, 4.69) is 9.97 Å². The van der Waals surface area contributed by atoms with Crippen molar-refractivity contribution in [1.82, 2.24) is 19.2 Å². The summed E-state index contributed by atoms with van der Waals surface area (Å²) in [5.41, 5.74) is 0.209. The van der Waals surface area contributed by atoms with Crippen LogP contribution in [0.25, 0.3) is 10.9 Å². The molecule has 1 N–H and O–H groups in total. The molecule has 1 aliphatic heterocycles. The Hall–Kier alpha value is -1.97. The maximum absolute atomic E-state index is 13.0. The van der Waals surface area contributed by atoms with Crippen LogP contribution in [0, 0.1) is 5.92 Å². The molecule has 1 amide bonds. The average Bonchev–Trinajstić information content (AvgIpc) is 2.71. The molecular formula is C19H25ClN4O4S. The highest BCUT2D eigenvalue weighted by atomic mass is 35.5. The first-order chi connectivity index (χ1) is 13.7. The Morgan fingerprint density at radius 1 is 1.31 bits per heavy atom. The van der Waals surface area contributed by atoms with Crippen molar-refractivity contribution in [3.8, 4) is 0 Å². The predicted molar refractivity (Wildman–Crippen MR) is 112 cm³/mol. The Kier molecular flexibility index (Phi) is 6.60. The summed E-state index contributed by atoms with van der Waals surface area (Å²) in [6.45, 7) is 4.84. The highest BCUT2D eigenvalue weighted by Crippen LogP contribution is 2.23. The number of nitrogens with zero attached hydrogens (tertiary/aromatic N) is 3. The van der Waals surface area contributed by atoms with E-state index in [1.807, 2.05) is 6.92 Å². The van der Waals surface area contributed by atoms with Gasteiger partial charge in [-0.1, -0.05) is 11.6 Å².